The molecule has 0 amide bonds. The van der Waals surface area contributed by atoms with Gasteiger partial charge in [-0.05, 0) is 50.2 Å². The summed E-state index contributed by atoms with van der Waals surface area (Å²) < 4.78 is 0. The third-order valence-electron chi connectivity index (χ3n) is 3.87. The zero-order chi connectivity index (χ0) is 13.8. The van der Waals surface area contributed by atoms with Gasteiger partial charge in [-0.2, -0.15) is 0 Å². The molecule has 4 heteroatoms. The highest BCUT2D eigenvalue weighted by atomic mass is 35.5. The molecular formula is C15H22Cl2N2. The predicted molar refractivity (Wildman–Crippen MR) is 84.5 cm³/mol. The number of hydrogen-bond acceptors (Lipinski definition) is 2. The maximum Gasteiger partial charge on any atom is 0.0495 e. The van der Waals surface area contributed by atoms with Crippen molar-refractivity contribution in [2.75, 3.05) is 31.6 Å². The van der Waals surface area contributed by atoms with Gasteiger partial charge in [0.2, 0.25) is 0 Å². The molecule has 1 fully saturated rings. The van der Waals surface area contributed by atoms with E-state index in [9.17, 15) is 0 Å². The predicted octanol–water partition coefficient (Wildman–Crippen LogP) is 4.00. The second kappa shape index (κ2) is 6.83. The van der Waals surface area contributed by atoms with Crippen molar-refractivity contribution in [2.45, 2.75) is 31.7 Å². The number of likely N-dealkylation sites (N-methyl/N-ethyl adjacent to an activating group) is 1. The average molecular weight is 301 g/mol. The minimum atomic E-state index is 0.513. The zero-order valence-corrected chi connectivity index (χ0v) is 13.2. The molecule has 0 radical (unpaired) electrons. The van der Waals surface area contributed by atoms with Crippen molar-refractivity contribution in [3.63, 3.8) is 0 Å². The average Bonchev–Trinajstić information content (AvgIpc) is 2.60. The van der Waals surface area contributed by atoms with Crippen LogP contribution in [-0.4, -0.2) is 37.6 Å². The van der Waals surface area contributed by atoms with Crippen molar-refractivity contribution in [3.8, 4) is 0 Å². The zero-order valence-electron chi connectivity index (χ0n) is 11.7. The van der Waals surface area contributed by atoms with E-state index in [4.69, 9.17) is 23.2 Å². The highest BCUT2D eigenvalue weighted by molar-refractivity contribution is 6.30. The largest absolute Gasteiger partial charge is 0.367 e. The van der Waals surface area contributed by atoms with Crippen LogP contribution in [0.5, 0.6) is 0 Å². The van der Waals surface area contributed by atoms with Crippen LogP contribution >= 0.6 is 23.2 Å². The lowest BCUT2D eigenvalue weighted by Gasteiger charge is -2.33. The van der Waals surface area contributed by atoms with Crippen LogP contribution in [0.2, 0.25) is 5.02 Å². The second-order valence-electron chi connectivity index (χ2n) is 5.28. The van der Waals surface area contributed by atoms with Gasteiger partial charge in [-0.25, -0.2) is 0 Å². The number of rotatable bonds is 3. The maximum atomic E-state index is 6.09. The SMILES string of the molecule is CCC1CN(C)CCCN1c1ccc(Cl)cc1CCl. The summed E-state index contributed by atoms with van der Waals surface area (Å²) >= 11 is 12.2. The minimum absolute atomic E-state index is 0.513. The van der Waals surface area contributed by atoms with Crippen LogP contribution in [0.1, 0.15) is 25.3 Å². The van der Waals surface area contributed by atoms with Gasteiger partial charge in [0.1, 0.15) is 0 Å². The summed E-state index contributed by atoms with van der Waals surface area (Å²) in [6.45, 7) is 5.62. The first kappa shape index (κ1) is 15.0. The molecule has 1 aromatic rings. The molecule has 1 heterocycles. The summed E-state index contributed by atoms with van der Waals surface area (Å²) in [5.74, 6) is 0.513. The van der Waals surface area contributed by atoms with Crippen molar-refractivity contribution >= 4 is 28.9 Å². The van der Waals surface area contributed by atoms with Crippen molar-refractivity contribution in [1.82, 2.24) is 4.90 Å². The van der Waals surface area contributed by atoms with Crippen molar-refractivity contribution in [3.05, 3.63) is 28.8 Å². The van der Waals surface area contributed by atoms with Crippen molar-refractivity contribution in [2.24, 2.45) is 0 Å². The van der Waals surface area contributed by atoms with Crippen molar-refractivity contribution < 1.29 is 0 Å². The van der Waals surface area contributed by atoms with Crippen LogP contribution in [0.3, 0.4) is 0 Å². The lowest BCUT2D eigenvalue weighted by molar-refractivity contribution is 0.328. The van der Waals surface area contributed by atoms with Crippen LogP contribution in [0, 0.1) is 0 Å². The van der Waals surface area contributed by atoms with Gasteiger partial charge in [0, 0.05) is 35.7 Å². The molecule has 1 aromatic carbocycles. The molecule has 0 aromatic heterocycles. The standard InChI is InChI=1S/C15H22Cl2N2/c1-3-14-11-18(2)7-4-8-19(14)15-6-5-13(17)9-12(15)10-16/h5-6,9,14H,3-4,7-8,10-11H2,1-2H3. The Morgan fingerprint density at radius 3 is 2.79 bits per heavy atom. The van der Waals surface area contributed by atoms with Gasteiger partial charge < -0.3 is 9.80 Å². The molecule has 19 heavy (non-hydrogen) atoms. The van der Waals surface area contributed by atoms with E-state index in [2.05, 4.69) is 29.8 Å². The summed E-state index contributed by atoms with van der Waals surface area (Å²) in [7, 11) is 2.20. The Morgan fingerprint density at radius 1 is 1.32 bits per heavy atom. The number of alkyl halides is 1. The lowest BCUT2D eigenvalue weighted by Crippen LogP contribution is -2.40. The molecule has 2 rings (SSSR count). The van der Waals surface area contributed by atoms with Crippen LogP contribution in [0.15, 0.2) is 18.2 Å². The van der Waals surface area contributed by atoms with Crippen molar-refractivity contribution in [1.29, 1.82) is 0 Å². The molecule has 2 nitrogen and oxygen atoms in total. The van der Waals surface area contributed by atoms with E-state index in [1.54, 1.807) is 0 Å². The third kappa shape index (κ3) is 3.56. The molecule has 1 aliphatic rings. The monoisotopic (exact) mass is 300 g/mol. The summed E-state index contributed by atoms with van der Waals surface area (Å²) in [4.78, 5) is 4.93. The van der Waals surface area contributed by atoms with Gasteiger partial charge in [-0.3, -0.25) is 0 Å². The fourth-order valence-corrected chi connectivity index (χ4v) is 3.26. The van der Waals surface area contributed by atoms with E-state index in [1.165, 1.54) is 12.1 Å². The molecule has 0 aliphatic carbocycles. The molecular weight excluding hydrogens is 279 g/mol. The quantitative estimate of drug-likeness (QED) is 0.779. The highest BCUT2D eigenvalue weighted by Gasteiger charge is 2.23. The van der Waals surface area contributed by atoms with E-state index in [1.807, 2.05) is 12.1 Å². The number of halogens is 2. The summed E-state index contributed by atoms with van der Waals surface area (Å²) in [5.41, 5.74) is 2.39. The first-order chi connectivity index (χ1) is 9.15. The second-order valence-corrected chi connectivity index (χ2v) is 5.98. The first-order valence-corrected chi connectivity index (χ1v) is 7.86. The summed E-state index contributed by atoms with van der Waals surface area (Å²) in [5, 5.41) is 0.763. The fraction of sp³-hybridized carbons (Fsp3) is 0.600. The molecule has 0 bridgehead atoms. The Kier molecular flexibility index (Phi) is 5.37. The molecule has 106 valence electrons. The van der Waals surface area contributed by atoms with E-state index in [0.29, 0.717) is 11.9 Å². The minimum Gasteiger partial charge on any atom is -0.367 e. The van der Waals surface area contributed by atoms with Crippen LogP contribution < -0.4 is 4.90 Å². The molecule has 1 saturated heterocycles. The molecule has 0 saturated carbocycles. The number of nitrogens with zero attached hydrogens (tertiary/aromatic N) is 2. The smallest absolute Gasteiger partial charge is 0.0495 e. The Balaban J connectivity index is 2.32. The topological polar surface area (TPSA) is 6.48 Å². The molecule has 0 N–H and O–H groups in total. The first-order valence-electron chi connectivity index (χ1n) is 6.95. The van der Waals surface area contributed by atoms with Gasteiger partial charge in [-0.1, -0.05) is 18.5 Å². The molecule has 1 atom stereocenters. The molecule has 0 spiro atoms. The Labute approximate surface area is 126 Å². The summed E-state index contributed by atoms with van der Waals surface area (Å²) in [6.07, 6.45) is 2.34. The van der Waals surface area contributed by atoms with E-state index < -0.39 is 0 Å². The van der Waals surface area contributed by atoms with Crippen LogP contribution in [0.25, 0.3) is 0 Å². The van der Waals surface area contributed by atoms with E-state index >= 15 is 0 Å². The van der Waals surface area contributed by atoms with Gasteiger partial charge in [0.25, 0.3) is 0 Å². The van der Waals surface area contributed by atoms with Crippen LogP contribution in [-0.2, 0) is 5.88 Å². The maximum absolute atomic E-state index is 6.09. The van der Waals surface area contributed by atoms with Crippen LogP contribution in [0.4, 0.5) is 5.69 Å². The number of hydrogen-bond donors (Lipinski definition) is 0. The number of benzene rings is 1. The van der Waals surface area contributed by atoms with Gasteiger partial charge in [0.15, 0.2) is 0 Å². The Hall–Kier alpha value is -0.440. The lowest BCUT2D eigenvalue weighted by atomic mass is 10.1. The Morgan fingerprint density at radius 2 is 2.11 bits per heavy atom. The van der Waals surface area contributed by atoms with E-state index in [0.717, 1.165) is 36.6 Å². The van der Waals surface area contributed by atoms with E-state index in [-0.39, 0.29) is 0 Å². The highest BCUT2D eigenvalue weighted by Crippen LogP contribution is 2.29. The van der Waals surface area contributed by atoms with Gasteiger partial charge in [0.05, 0.1) is 0 Å². The third-order valence-corrected chi connectivity index (χ3v) is 4.39. The molecule has 1 unspecified atom stereocenters. The number of anilines is 1. The fourth-order valence-electron chi connectivity index (χ4n) is 2.85. The van der Waals surface area contributed by atoms with Gasteiger partial charge in [-0.15, -0.1) is 11.6 Å². The van der Waals surface area contributed by atoms with Gasteiger partial charge >= 0.3 is 0 Å². The Bertz CT molecular complexity index is 423. The molecule has 1 aliphatic heterocycles. The normalized spacial score (nSPS) is 21.5. The summed E-state index contributed by atoms with van der Waals surface area (Å²) in [6, 6.07) is 6.63.